The summed E-state index contributed by atoms with van der Waals surface area (Å²) in [5.41, 5.74) is -0.706. The predicted molar refractivity (Wildman–Crippen MR) is 94.8 cm³/mol. The van der Waals surface area contributed by atoms with Crippen molar-refractivity contribution in [1.82, 2.24) is 15.1 Å². The van der Waals surface area contributed by atoms with Crippen LogP contribution in [0.25, 0.3) is 0 Å². The highest BCUT2D eigenvalue weighted by Crippen LogP contribution is 2.39. The lowest BCUT2D eigenvalue weighted by Gasteiger charge is -2.36. The summed E-state index contributed by atoms with van der Waals surface area (Å²) in [6.45, 7) is 4.24. The second kappa shape index (κ2) is 6.96. The summed E-state index contributed by atoms with van der Waals surface area (Å²) in [7, 11) is 1.70. The van der Waals surface area contributed by atoms with Crippen LogP contribution in [0.2, 0.25) is 0 Å². The summed E-state index contributed by atoms with van der Waals surface area (Å²) in [6.07, 6.45) is 7.74. The summed E-state index contributed by atoms with van der Waals surface area (Å²) in [5, 5.41) is 3.07. The van der Waals surface area contributed by atoms with Gasteiger partial charge in [-0.15, -0.1) is 0 Å². The number of imide groups is 1. The molecule has 2 saturated carbocycles. The van der Waals surface area contributed by atoms with Gasteiger partial charge in [-0.1, -0.05) is 46.0 Å². The highest BCUT2D eigenvalue weighted by Gasteiger charge is 2.55. The first-order valence-corrected chi connectivity index (χ1v) is 9.76. The van der Waals surface area contributed by atoms with E-state index in [4.69, 9.17) is 0 Å². The molecule has 3 rings (SSSR count). The Bertz CT molecular complexity index is 556. The van der Waals surface area contributed by atoms with Crippen molar-refractivity contribution < 1.29 is 14.4 Å². The average Bonchev–Trinajstić information content (AvgIpc) is 2.76. The molecule has 6 heteroatoms. The van der Waals surface area contributed by atoms with Crippen LogP contribution >= 0.6 is 0 Å². The molecule has 6 nitrogen and oxygen atoms in total. The Kier molecular flexibility index (Phi) is 5.07. The van der Waals surface area contributed by atoms with Crippen LogP contribution in [0.3, 0.4) is 0 Å². The molecule has 25 heavy (non-hydrogen) atoms. The van der Waals surface area contributed by atoms with Gasteiger partial charge in [0.15, 0.2) is 0 Å². The minimum Gasteiger partial charge on any atom is -0.352 e. The quantitative estimate of drug-likeness (QED) is 0.796. The Hall–Kier alpha value is -1.59. The molecule has 0 aromatic carbocycles. The van der Waals surface area contributed by atoms with Gasteiger partial charge < -0.3 is 10.2 Å². The summed E-state index contributed by atoms with van der Waals surface area (Å²) in [4.78, 5) is 40.8. The Morgan fingerprint density at radius 2 is 1.80 bits per heavy atom. The first-order chi connectivity index (χ1) is 11.9. The molecule has 3 aliphatic rings. The monoisotopic (exact) mass is 349 g/mol. The summed E-state index contributed by atoms with van der Waals surface area (Å²) >= 11 is 0. The fraction of sp³-hybridized carbons (Fsp3) is 0.842. The van der Waals surface area contributed by atoms with Gasteiger partial charge in [0, 0.05) is 13.1 Å². The molecule has 1 N–H and O–H groups in total. The molecule has 3 atom stereocenters. The van der Waals surface area contributed by atoms with E-state index in [1.54, 1.807) is 11.9 Å². The van der Waals surface area contributed by atoms with Crippen LogP contribution < -0.4 is 5.32 Å². The van der Waals surface area contributed by atoms with Crippen LogP contribution in [0.4, 0.5) is 4.79 Å². The number of hydrogen-bond acceptors (Lipinski definition) is 3. The molecule has 3 fully saturated rings. The fourth-order valence-electron chi connectivity index (χ4n) is 4.85. The molecule has 1 heterocycles. The van der Waals surface area contributed by atoms with Crippen molar-refractivity contribution in [1.29, 1.82) is 0 Å². The topological polar surface area (TPSA) is 69.7 Å². The number of carbonyl (C=O) groups excluding carboxylic acids is 3. The first kappa shape index (κ1) is 18.2. The van der Waals surface area contributed by atoms with Crippen LogP contribution in [0.1, 0.15) is 65.2 Å². The van der Waals surface area contributed by atoms with Crippen LogP contribution in [-0.2, 0) is 9.59 Å². The highest BCUT2D eigenvalue weighted by atomic mass is 16.2. The van der Waals surface area contributed by atoms with Crippen molar-refractivity contribution in [2.45, 2.75) is 76.8 Å². The van der Waals surface area contributed by atoms with Gasteiger partial charge in [0.25, 0.3) is 5.91 Å². The van der Waals surface area contributed by atoms with E-state index in [9.17, 15) is 14.4 Å². The van der Waals surface area contributed by atoms with Gasteiger partial charge in [-0.25, -0.2) is 4.79 Å². The number of likely N-dealkylation sites (N-methyl/N-ethyl adjacent to an activating group) is 1. The number of urea groups is 1. The van der Waals surface area contributed by atoms with E-state index in [-0.39, 0.29) is 30.4 Å². The third-order valence-electron chi connectivity index (χ3n) is 6.84. The van der Waals surface area contributed by atoms with Crippen molar-refractivity contribution in [3.8, 4) is 0 Å². The normalized spacial score (nSPS) is 32.4. The van der Waals surface area contributed by atoms with E-state index in [2.05, 4.69) is 19.2 Å². The second-order valence-electron chi connectivity index (χ2n) is 8.27. The molecule has 0 bridgehead atoms. The van der Waals surface area contributed by atoms with Gasteiger partial charge in [-0.2, -0.15) is 0 Å². The Morgan fingerprint density at radius 3 is 2.48 bits per heavy atom. The fourth-order valence-corrected chi connectivity index (χ4v) is 4.85. The molecule has 4 amide bonds. The van der Waals surface area contributed by atoms with Gasteiger partial charge >= 0.3 is 6.03 Å². The van der Waals surface area contributed by atoms with Crippen LogP contribution in [-0.4, -0.2) is 52.8 Å². The van der Waals surface area contributed by atoms with E-state index in [1.165, 1.54) is 6.42 Å². The summed E-state index contributed by atoms with van der Waals surface area (Å²) < 4.78 is 0. The largest absolute Gasteiger partial charge is 0.352 e. The van der Waals surface area contributed by atoms with Crippen LogP contribution in [0, 0.1) is 11.8 Å². The number of carbonyl (C=O) groups is 3. The molecule has 3 unspecified atom stereocenters. The molecule has 1 aliphatic heterocycles. The minimum atomic E-state index is -0.706. The number of nitrogens with zero attached hydrogens (tertiary/aromatic N) is 2. The van der Waals surface area contributed by atoms with Crippen molar-refractivity contribution in [3.05, 3.63) is 0 Å². The maximum Gasteiger partial charge on any atom is 0.327 e. The Balaban J connectivity index is 1.65. The molecule has 0 radical (unpaired) electrons. The lowest BCUT2D eigenvalue weighted by atomic mass is 9.78. The Labute approximate surface area is 150 Å². The molecule has 0 aromatic heterocycles. The van der Waals surface area contributed by atoms with E-state index < -0.39 is 5.54 Å². The van der Waals surface area contributed by atoms with Crippen molar-refractivity contribution in [3.63, 3.8) is 0 Å². The van der Waals surface area contributed by atoms with Gasteiger partial charge in [0.2, 0.25) is 5.91 Å². The van der Waals surface area contributed by atoms with Gasteiger partial charge in [-0.3, -0.25) is 14.5 Å². The van der Waals surface area contributed by atoms with E-state index in [0.29, 0.717) is 24.7 Å². The zero-order valence-corrected chi connectivity index (χ0v) is 15.7. The zero-order valence-electron chi connectivity index (χ0n) is 15.7. The molecule has 140 valence electrons. The molecule has 2 aliphatic carbocycles. The number of rotatable bonds is 3. The van der Waals surface area contributed by atoms with Crippen LogP contribution in [0.5, 0.6) is 0 Å². The van der Waals surface area contributed by atoms with Gasteiger partial charge in [-0.05, 0) is 31.1 Å². The lowest BCUT2D eigenvalue weighted by Crippen LogP contribution is -2.50. The molecule has 1 spiro atoms. The summed E-state index contributed by atoms with van der Waals surface area (Å²) in [5.74, 6) is 0.620. The van der Waals surface area contributed by atoms with Gasteiger partial charge in [0.1, 0.15) is 12.1 Å². The SMILES string of the molecule is CC1CCCC(NC(=O)CN2C(=O)N(C)C3(CCCCC3)C2=O)C1C. The molecular weight excluding hydrogens is 318 g/mol. The first-order valence-electron chi connectivity index (χ1n) is 9.76. The maximum atomic E-state index is 12.9. The number of hydrogen-bond donors (Lipinski definition) is 1. The Morgan fingerprint density at radius 1 is 1.12 bits per heavy atom. The zero-order chi connectivity index (χ0) is 18.2. The highest BCUT2D eigenvalue weighted by molar-refractivity contribution is 6.08. The van der Waals surface area contributed by atoms with E-state index in [0.717, 1.165) is 37.0 Å². The standard InChI is InChI=1S/C19H31N3O3/c1-13-8-7-9-15(14(13)2)20-16(23)12-22-17(24)19(21(3)18(22)25)10-5-4-6-11-19/h13-15H,4-12H2,1-3H3,(H,20,23). The lowest BCUT2D eigenvalue weighted by molar-refractivity contribution is -0.137. The van der Waals surface area contributed by atoms with Crippen molar-refractivity contribution in [2.24, 2.45) is 11.8 Å². The van der Waals surface area contributed by atoms with Gasteiger partial charge in [0.05, 0.1) is 0 Å². The number of amides is 4. The molecule has 0 aromatic rings. The maximum absolute atomic E-state index is 12.9. The minimum absolute atomic E-state index is 0.144. The average molecular weight is 349 g/mol. The second-order valence-corrected chi connectivity index (χ2v) is 8.27. The third kappa shape index (κ3) is 3.15. The summed E-state index contributed by atoms with van der Waals surface area (Å²) in [6, 6.07) is -0.183. The molecule has 1 saturated heterocycles. The van der Waals surface area contributed by atoms with Crippen molar-refractivity contribution >= 4 is 17.8 Å². The predicted octanol–water partition coefficient (Wildman–Crippen LogP) is 2.52. The number of nitrogens with one attached hydrogen (secondary N) is 1. The van der Waals surface area contributed by atoms with E-state index >= 15 is 0 Å². The van der Waals surface area contributed by atoms with E-state index in [1.807, 2.05) is 0 Å². The molecular formula is C19H31N3O3. The third-order valence-corrected chi connectivity index (χ3v) is 6.84. The van der Waals surface area contributed by atoms with Crippen molar-refractivity contribution in [2.75, 3.05) is 13.6 Å². The smallest absolute Gasteiger partial charge is 0.327 e. The van der Waals surface area contributed by atoms with Crippen LogP contribution in [0.15, 0.2) is 0 Å².